The third-order valence-corrected chi connectivity index (χ3v) is 4.36. The summed E-state index contributed by atoms with van der Waals surface area (Å²) < 4.78 is 0. The summed E-state index contributed by atoms with van der Waals surface area (Å²) in [6.07, 6.45) is 7.61. The highest BCUT2D eigenvalue weighted by molar-refractivity contribution is 6.15. The normalized spacial score (nSPS) is 33.9. The molecule has 96 valence electrons. The Morgan fingerprint density at radius 2 is 2.12 bits per heavy atom. The minimum Gasteiger partial charge on any atom is -0.100 e. The predicted molar refractivity (Wildman–Crippen MR) is 78.5 cm³/mol. The number of allylic oxidation sites excluding steroid dienone is 1. The highest BCUT2D eigenvalue weighted by Crippen LogP contribution is 2.51. The molecule has 2 radical (unpaired) electrons. The Balaban J connectivity index is 2.68. The van der Waals surface area contributed by atoms with E-state index in [1.807, 2.05) is 0 Å². The van der Waals surface area contributed by atoms with Crippen molar-refractivity contribution in [3.63, 3.8) is 0 Å². The minimum atomic E-state index is 0.0489. The van der Waals surface area contributed by atoms with Crippen molar-refractivity contribution < 1.29 is 0 Å². The van der Waals surface area contributed by atoms with Crippen LogP contribution in [0.4, 0.5) is 0 Å². The van der Waals surface area contributed by atoms with Gasteiger partial charge < -0.3 is 0 Å². The Morgan fingerprint density at radius 3 is 2.65 bits per heavy atom. The van der Waals surface area contributed by atoms with Crippen LogP contribution in [-0.4, -0.2) is 7.85 Å². The van der Waals surface area contributed by atoms with Crippen LogP contribution in [0.2, 0.25) is 5.31 Å². The molecule has 0 aliphatic heterocycles. The molecule has 0 aromatic heterocycles. The fraction of sp³-hybridized carbons (Fsp3) is 0.875. The number of hydrogen-bond acceptors (Lipinski definition) is 0. The van der Waals surface area contributed by atoms with Crippen molar-refractivity contribution in [2.24, 2.45) is 17.8 Å². The highest BCUT2D eigenvalue weighted by Gasteiger charge is 2.37. The van der Waals surface area contributed by atoms with Crippen LogP contribution in [-0.2, 0) is 0 Å². The second-order valence-corrected chi connectivity index (χ2v) is 6.89. The molecule has 3 unspecified atom stereocenters. The maximum absolute atomic E-state index is 6.54. The third kappa shape index (κ3) is 4.52. The first-order chi connectivity index (χ1) is 7.83. The molecule has 0 spiro atoms. The molecule has 1 saturated carbocycles. The van der Waals surface area contributed by atoms with Crippen molar-refractivity contribution in [1.82, 2.24) is 0 Å². The molecular weight excluding hydrogens is 203 g/mol. The molecule has 0 aromatic rings. The molecule has 0 saturated heterocycles. The first-order valence-corrected chi connectivity index (χ1v) is 7.26. The molecule has 0 amide bonds. The number of hydrogen-bond donors (Lipinski definition) is 0. The average molecular weight is 232 g/mol. The van der Waals surface area contributed by atoms with Gasteiger partial charge in [-0.2, -0.15) is 0 Å². The number of rotatable bonds is 5. The van der Waals surface area contributed by atoms with E-state index >= 15 is 0 Å². The Bertz CT molecular complexity index is 252. The highest BCUT2D eigenvalue weighted by atomic mass is 14.4. The van der Waals surface area contributed by atoms with Crippen LogP contribution < -0.4 is 0 Å². The quantitative estimate of drug-likeness (QED) is 0.454. The fourth-order valence-electron chi connectivity index (χ4n) is 3.53. The van der Waals surface area contributed by atoms with Gasteiger partial charge in [0.25, 0.3) is 0 Å². The van der Waals surface area contributed by atoms with Crippen LogP contribution in [0.15, 0.2) is 12.2 Å². The van der Waals surface area contributed by atoms with E-state index in [1.165, 1.54) is 37.7 Å². The lowest BCUT2D eigenvalue weighted by molar-refractivity contribution is 0.146. The topological polar surface area (TPSA) is 0 Å². The second-order valence-electron chi connectivity index (χ2n) is 6.89. The zero-order valence-corrected chi connectivity index (χ0v) is 12.3. The van der Waals surface area contributed by atoms with Gasteiger partial charge in [-0.05, 0) is 43.9 Å². The van der Waals surface area contributed by atoms with E-state index in [2.05, 4.69) is 34.3 Å². The van der Waals surface area contributed by atoms with E-state index < -0.39 is 0 Å². The summed E-state index contributed by atoms with van der Waals surface area (Å²) in [6.45, 7) is 13.1. The van der Waals surface area contributed by atoms with Gasteiger partial charge in [0.05, 0.1) is 7.85 Å². The smallest absolute Gasteiger partial charge is 0.0746 e. The van der Waals surface area contributed by atoms with Gasteiger partial charge in [-0.15, -0.1) is 6.58 Å². The average Bonchev–Trinajstić information content (AvgIpc) is 2.14. The van der Waals surface area contributed by atoms with Gasteiger partial charge in [0.1, 0.15) is 0 Å². The zero-order chi connectivity index (χ0) is 13.1. The summed E-state index contributed by atoms with van der Waals surface area (Å²) in [6, 6.07) is 0. The lowest BCUT2D eigenvalue weighted by atomic mass is 9.51. The Hall–Kier alpha value is -0.195. The van der Waals surface area contributed by atoms with E-state index in [1.54, 1.807) is 0 Å². The van der Waals surface area contributed by atoms with Crippen LogP contribution in [0.3, 0.4) is 0 Å². The van der Waals surface area contributed by atoms with Crippen LogP contribution in [0.1, 0.15) is 66.2 Å². The van der Waals surface area contributed by atoms with Gasteiger partial charge in [0.2, 0.25) is 0 Å². The van der Waals surface area contributed by atoms with Gasteiger partial charge in [0.15, 0.2) is 0 Å². The van der Waals surface area contributed by atoms with E-state index in [4.69, 9.17) is 7.85 Å². The maximum atomic E-state index is 6.54. The summed E-state index contributed by atoms with van der Waals surface area (Å²) in [5.74, 6) is 2.31. The van der Waals surface area contributed by atoms with E-state index in [0.29, 0.717) is 5.92 Å². The molecule has 17 heavy (non-hydrogen) atoms. The Morgan fingerprint density at radius 1 is 1.47 bits per heavy atom. The molecular formula is C16H29B. The van der Waals surface area contributed by atoms with Crippen molar-refractivity contribution in [2.75, 3.05) is 0 Å². The zero-order valence-electron chi connectivity index (χ0n) is 12.3. The lowest BCUT2D eigenvalue weighted by Crippen LogP contribution is -2.33. The predicted octanol–water partition coefficient (Wildman–Crippen LogP) is 5.15. The van der Waals surface area contributed by atoms with E-state index in [0.717, 1.165) is 18.3 Å². The van der Waals surface area contributed by atoms with Crippen molar-refractivity contribution >= 4 is 7.85 Å². The van der Waals surface area contributed by atoms with Crippen LogP contribution in [0.5, 0.6) is 0 Å². The van der Waals surface area contributed by atoms with Crippen molar-refractivity contribution in [3.05, 3.63) is 12.2 Å². The molecule has 0 N–H and O–H groups in total. The van der Waals surface area contributed by atoms with Crippen LogP contribution in [0.25, 0.3) is 0 Å². The van der Waals surface area contributed by atoms with Crippen LogP contribution in [0, 0.1) is 17.8 Å². The van der Waals surface area contributed by atoms with Gasteiger partial charge in [-0.1, -0.05) is 50.9 Å². The van der Waals surface area contributed by atoms with Gasteiger partial charge in [-0.3, -0.25) is 0 Å². The SMILES string of the molecule is [B]C1(C)CCCC(CC(C)C)C1CCC(=C)C. The molecule has 0 aromatic carbocycles. The molecule has 0 nitrogen and oxygen atoms in total. The Labute approximate surface area is 110 Å². The van der Waals surface area contributed by atoms with E-state index in [-0.39, 0.29) is 5.31 Å². The molecule has 0 bridgehead atoms. The molecule has 1 fully saturated rings. The van der Waals surface area contributed by atoms with Gasteiger partial charge >= 0.3 is 0 Å². The minimum absolute atomic E-state index is 0.0489. The molecule has 1 aliphatic carbocycles. The first-order valence-electron chi connectivity index (χ1n) is 7.26. The van der Waals surface area contributed by atoms with Crippen molar-refractivity contribution in [2.45, 2.75) is 71.5 Å². The molecule has 1 heteroatoms. The van der Waals surface area contributed by atoms with Gasteiger partial charge in [-0.25, -0.2) is 0 Å². The molecule has 1 rings (SSSR count). The molecule has 0 heterocycles. The van der Waals surface area contributed by atoms with Gasteiger partial charge in [0, 0.05) is 0 Å². The lowest BCUT2D eigenvalue weighted by Gasteiger charge is -2.45. The second kappa shape index (κ2) is 6.11. The summed E-state index contributed by atoms with van der Waals surface area (Å²) in [5.41, 5.74) is 1.30. The summed E-state index contributed by atoms with van der Waals surface area (Å²) in [4.78, 5) is 0. The van der Waals surface area contributed by atoms with E-state index in [9.17, 15) is 0 Å². The largest absolute Gasteiger partial charge is 0.100 e. The maximum Gasteiger partial charge on any atom is 0.0746 e. The molecule has 3 atom stereocenters. The molecule has 1 aliphatic rings. The summed E-state index contributed by atoms with van der Waals surface area (Å²) in [7, 11) is 6.54. The van der Waals surface area contributed by atoms with Crippen LogP contribution >= 0.6 is 0 Å². The summed E-state index contributed by atoms with van der Waals surface area (Å²) in [5, 5.41) is 0.0489. The fourth-order valence-corrected chi connectivity index (χ4v) is 3.53. The Kier molecular flexibility index (Phi) is 5.35. The van der Waals surface area contributed by atoms with Crippen molar-refractivity contribution in [3.8, 4) is 0 Å². The standard InChI is InChI=1S/C16H29B/c1-12(2)8-9-15-14(11-13(3)4)7-6-10-16(15,5)17/h13-15H,1,6-11H2,2-5H3. The van der Waals surface area contributed by atoms with Crippen molar-refractivity contribution in [1.29, 1.82) is 0 Å². The summed E-state index contributed by atoms with van der Waals surface area (Å²) >= 11 is 0. The monoisotopic (exact) mass is 232 g/mol. The first kappa shape index (κ1) is 14.9. The third-order valence-electron chi connectivity index (χ3n) is 4.36.